The highest BCUT2D eigenvalue weighted by atomic mass is 16.5. The summed E-state index contributed by atoms with van der Waals surface area (Å²) in [5.74, 6) is 0.856. The molecule has 0 aliphatic carbocycles. The molecule has 0 saturated heterocycles. The van der Waals surface area contributed by atoms with E-state index in [9.17, 15) is 0 Å². The van der Waals surface area contributed by atoms with E-state index in [-0.39, 0.29) is 0 Å². The maximum atomic E-state index is 5.50. The number of benzene rings is 2. The molecule has 0 amide bonds. The van der Waals surface area contributed by atoms with Crippen molar-refractivity contribution in [1.82, 2.24) is 10.3 Å². The molecule has 134 valence electrons. The second-order valence-corrected chi connectivity index (χ2v) is 6.76. The first-order valence-electron chi connectivity index (χ1n) is 8.89. The summed E-state index contributed by atoms with van der Waals surface area (Å²) >= 11 is 0. The minimum Gasteiger partial charge on any atom is -0.497 e. The lowest BCUT2D eigenvalue weighted by Crippen LogP contribution is -2.05. The first-order chi connectivity index (χ1) is 12.5. The van der Waals surface area contributed by atoms with Crippen molar-refractivity contribution in [2.75, 3.05) is 14.2 Å². The lowest BCUT2D eigenvalue weighted by molar-refractivity contribution is 0.415. The van der Waals surface area contributed by atoms with Gasteiger partial charge in [-0.3, -0.25) is 4.98 Å². The molecular formula is C23H26N2O. The quantitative estimate of drug-likeness (QED) is 0.700. The number of pyridine rings is 1. The second-order valence-electron chi connectivity index (χ2n) is 6.76. The number of nitrogens with zero attached hydrogens (tertiary/aromatic N) is 1. The predicted molar refractivity (Wildman–Crippen MR) is 109 cm³/mol. The SMILES string of the molecule is CNCc1ccnc(-c2ccc(OC)cc2-c2c(C)cc(C)cc2C)c1. The first-order valence-corrected chi connectivity index (χ1v) is 8.89. The van der Waals surface area contributed by atoms with Crippen LogP contribution in [0, 0.1) is 20.8 Å². The highest BCUT2D eigenvalue weighted by Gasteiger charge is 2.15. The normalized spacial score (nSPS) is 10.8. The molecule has 0 aliphatic heterocycles. The van der Waals surface area contributed by atoms with Gasteiger partial charge in [0.05, 0.1) is 12.8 Å². The molecule has 3 rings (SSSR count). The summed E-state index contributed by atoms with van der Waals surface area (Å²) in [5.41, 5.74) is 9.55. The summed E-state index contributed by atoms with van der Waals surface area (Å²) < 4.78 is 5.50. The Morgan fingerprint density at radius 2 is 1.65 bits per heavy atom. The molecule has 1 N–H and O–H groups in total. The maximum Gasteiger partial charge on any atom is 0.119 e. The molecule has 0 spiro atoms. The highest BCUT2D eigenvalue weighted by Crippen LogP contribution is 2.38. The predicted octanol–water partition coefficient (Wildman–Crippen LogP) is 5.07. The lowest BCUT2D eigenvalue weighted by atomic mass is 9.89. The van der Waals surface area contributed by atoms with Gasteiger partial charge < -0.3 is 10.1 Å². The van der Waals surface area contributed by atoms with Crippen molar-refractivity contribution in [3.63, 3.8) is 0 Å². The topological polar surface area (TPSA) is 34.2 Å². The minimum absolute atomic E-state index is 0.823. The van der Waals surface area contributed by atoms with Gasteiger partial charge in [-0.05, 0) is 86.0 Å². The maximum absolute atomic E-state index is 5.50. The van der Waals surface area contributed by atoms with E-state index in [0.717, 1.165) is 29.1 Å². The molecule has 26 heavy (non-hydrogen) atoms. The van der Waals surface area contributed by atoms with Crippen molar-refractivity contribution in [3.05, 3.63) is 70.9 Å². The van der Waals surface area contributed by atoms with E-state index in [4.69, 9.17) is 4.74 Å². The molecule has 0 aliphatic rings. The lowest BCUT2D eigenvalue weighted by Gasteiger charge is -2.17. The number of aryl methyl sites for hydroxylation is 3. The van der Waals surface area contributed by atoms with E-state index in [1.165, 1.54) is 27.8 Å². The Bertz CT molecular complexity index is 908. The number of rotatable bonds is 5. The second kappa shape index (κ2) is 7.71. The van der Waals surface area contributed by atoms with Crippen molar-refractivity contribution in [2.24, 2.45) is 0 Å². The van der Waals surface area contributed by atoms with Gasteiger partial charge in [0, 0.05) is 18.3 Å². The average Bonchev–Trinajstić information content (AvgIpc) is 2.61. The zero-order valence-corrected chi connectivity index (χ0v) is 16.2. The number of ether oxygens (including phenoxy) is 1. The van der Waals surface area contributed by atoms with Crippen LogP contribution in [0.5, 0.6) is 5.75 Å². The standard InChI is InChI=1S/C23H26N2O/c1-15-10-16(2)23(17(3)11-15)21-13-19(26-5)6-7-20(21)22-12-18(14-24-4)8-9-25-22/h6-13,24H,14H2,1-5H3. The summed E-state index contributed by atoms with van der Waals surface area (Å²) in [5, 5.41) is 3.20. The van der Waals surface area contributed by atoms with Crippen LogP contribution in [0.2, 0.25) is 0 Å². The zero-order chi connectivity index (χ0) is 18.7. The summed E-state index contributed by atoms with van der Waals surface area (Å²) in [6, 6.07) is 14.9. The molecule has 0 saturated carbocycles. The summed E-state index contributed by atoms with van der Waals surface area (Å²) in [6.45, 7) is 7.30. The fraction of sp³-hybridized carbons (Fsp3) is 0.261. The van der Waals surface area contributed by atoms with Gasteiger partial charge in [-0.2, -0.15) is 0 Å². The average molecular weight is 346 g/mol. The molecule has 3 aromatic rings. The van der Waals surface area contributed by atoms with Gasteiger partial charge in [0.15, 0.2) is 0 Å². The van der Waals surface area contributed by atoms with Crippen LogP contribution in [0.25, 0.3) is 22.4 Å². The van der Waals surface area contributed by atoms with E-state index in [1.54, 1.807) is 7.11 Å². The molecule has 3 heteroatoms. The first kappa shape index (κ1) is 18.2. The number of hydrogen-bond acceptors (Lipinski definition) is 3. The van der Waals surface area contributed by atoms with E-state index >= 15 is 0 Å². The van der Waals surface area contributed by atoms with Gasteiger partial charge in [-0.1, -0.05) is 17.7 Å². The molecular weight excluding hydrogens is 320 g/mol. The Hall–Kier alpha value is -2.65. The summed E-state index contributed by atoms with van der Waals surface area (Å²) in [4.78, 5) is 4.64. The molecule has 0 atom stereocenters. The number of nitrogens with one attached hydrogen (secondary N) is 1. The molecule has 2 aromatic carbocycles. The van der Waals surface area contributed by atoms with E-state index < -0.39 is 0 Å². The molecule has 0 bridgehead atoms. The number of hydrogen-bond donors (Lipinski definition) is 1. The van der Waals surface area contributed by atoms with Crippen LogP contribution in [-0.4, -0.2) is 19.1 Å². The Morgan fingerprint density at radius 3 is 2.31 bits per heavy atom. The largest absolute Gasteiger partial charge is 0.497 e. The van der Waals surface area contributed by atoms with Crippen molar-refractivity contribution in [3.8, 4) is 28.1 Å². The van der Waals surface area contributed by atoms with E-state index in [0.29, 0.717) is 0 Å². The molecule has 1 heterocycles. The molecule has 0 fully saturated rings. The van der Waals surface area contributed by atoms with Gasteiger partial charge in [0.25, 0.3) is 0 Å². The zero-order valence-electron chi connectivity index (χ0n) is 16.2. The monoisotopic (exact) mass is 346 g/mol. The Morgan fingerprint density at radius 1 is 0.923 bits per heavy atom. The van der Waals surface area contributed by atoms with Gasteiger partial charge in [-0.25, -0.2) is 0 Å². The molecule has 3 nitrogen and oxygen atoms in total. The third-order valence-electron chi connectivity index (χ3n) is 4.65. The molecule has 0 unspecified atom stereocenters. The van der Waals surface area contributed by atoms with Crippen molar-refractivity contribution in [2.45, 2.75) is 27.3 Å². The summed E-state index contributed by atoms with van der Waals surface area (Å²) in [6.07, 6.45) is 1.88. The highest BCUT2D eigenvalue weighted by molar-refractivity contribution is 5.86. The van der Waals surface area contributed by atoms with Crippen LogP contribution in [0.3, 0.4) is 0 Å². The number of methoxy groups -OCH3 is 1. The van der Waals surface area contributed by atoms with E-state index in [2.05, 4.69) is 61.4 Å². The fourth-order valence-electron chi connectivity index (χ4n) is 3.62. The van der Waals surface area contributed by atoms with Crippen molar-refractivity contribution >= 4 is 0 Å². The van der Waals surface area contributed by atoms with Gasteiger partial charge >= 0.3 is 0 Å². The van der Waals surface area contributed by atoms with Crippen LogP contribution in [-0.2, 0) is 6.54 Å². The third-order valence-corrected chi connectivity index (χ3v) is 4.65. The van der Waals surface area contributed by atoms with E-state index in [1.807, 2.05) is 25.4 Å². The van der Waals surface area contributed by atoms with Crippen molar-refractivity contribution < 1.29 is 4.74 Å². The van der Waals surface area contributed by atoms with Crippen molar-refractivity contribution in [1.29, 1.82) is 0 Å². The minimum atomic E-state index is 0.823. The van der Waals surface area contributed by atoms with Crippen LogP contribution in [0.4, 0.5) is 0 Å². The van der Waals surface area contributed by atoms with Crippen LogP contribution >= 0.6 is 0 Å². The smallest absolute Gasteiger partial charge is 0.119 e. The van der Waals surface area contributed by atoms with Crippen LogP contribution < -0.4 is 10.1 Å². The van der Waals surface area contributed by atoms with Gasteiger partial charge in [-0.15, -0.1) is 0 Å². The third kappa shape index (κ3) is 3.63. The Labute approximate surface area is 156 Å². The Kier molecular flexibility index (Phi) is 5.38. The Balaban J connectivity index is 2.24. The van der Waals surface area contributed by atoms with Gasteiger partial charge in [0.2, 0.25) is 0 Å². The molecule has 0 radical (unpaired) electrons. The van der Waals surface area contributed by atoms with Gasteiger partial charge in [0.1, 0.15) is 5.75 Å². The van der Waals surface area contributed by atoms with Crippen LogP contribution in [0.15, 0.2) is 48.7 Å². The number of aromatic nitrogens is 1. The fourth-order valence-corrected chi connectivity index (χ4v) is 3.62. The molecule has 1 aromatic heterocycles. The van der Waals surface area contributed by atoms with Crippen LogP contribution in [0.1, 0.15) is 22.3 Å². The summed E-state index contributed by atoms with van der Waals surface area (Å²) in [7, 11) is 3.66.